The van der Waals surface area contributed by atoms with Gasteiger partial charge in [0.25, 0.3) is 11.8 Å². The highest BCUT2D eigenvalue weighted by atomic mass is 35.5. The van der Waals surface area contributed by atoms with Crippen LogP contribution in [-0.4, -0.2) is 151 Å². The van der Waals surface area contributed by atoms with Gasteiger partial charge in [0.2, 0.25) is 0 Å². The maximum Gasteiger partial charge on any atom is 0.304 e. The minimum Gasteiger partial charge on any atom is -0.490 e. The molecule has 4 aromatic carbocycles. The number of hydrogen-bond acceptors (Lipinski definition) is 14. The molecule has 4 fully saturated rings. The third-order valence-electron chi connectivity index (χ3n) is 19.8. The van der Waals surface area contributed by atoms with E-state index < -0.39 is 44.4 Å². The SMILES string of the molecule is O=C1NS(=O)(=O)N(C[C@@H]2CO2)CC/C=C/[C@H](O)[C@@H]2CC[C@H]2CN2C[C@@]3(CCCc4cc(Cl)ccc43)COc3ccc1cc32.O=C1NS(=O)(=O)N(C[C@H]2CO2)CC/C=C/[C@H](O)[C@@H]2CC[C@H]2CN2C[C@@]3(CCCc4cc(Cl)ccc43)COc3ccc1cc32. The van der Waals surface area contributed by atoms with Crippen molar-refractivity contribution in [1.82, 2.24) is 18.1 Å². The zero-order chi connectivity index (χ0) is 59.5. The van der Waals surface area contributed by atoms with Gasteiger partial charge >= 0.3 is 20.4 Å². The molecule has 6 heterocycles. The molecule has 4 N–H and O–H groups in total. The number of aliphatic hydroxyl groups excluding tert-OH is 2. The Bertz CT molecular complexity index is 3320. The number of amides is 2. The molecule has 0 unspecified atom stereocenters. The van der Waals surface area contributed by atoms with Gasteiger partial charge in [0.1, 0.15) is 11.5 Å². The van der Waals surface area contributed by atoms with Crippen molar-refractivity contribution in [2.75, 3.05) is 88.6 Å². The number of nitrogens with one attached hydrogen (secondary N) is 2. The van der Waals surface area contributed by atoms with Crippen LogP contribution in [0, 0.1) is 23.7 Å². The number of carbonyl (C=O) groups is 2. The second-order valence-electron chi connectivity index (χ2n) is 25.5. The zero-order valence-corrected chi connectivity index (χ0v) is 51.3. The summed E-state index contributed by atoms with van der Waals surface area (Å²) in [6.07, 6.45) is 16.4. The highest BCUT2D eigenvalue weighted by Crippen LogP contribution is 2.49. The van der Waals surface area contributed by atoms with E-state index in [0.29, 0.717) is 76.9 Å². The fourth-order valence-corrected chi connectivity index (χ4v) is 17.5. The number of aliphatic hydroxyl groups is 2. The number of ether oxygens (including phenoxy) is 4. The normalized spacial score (nSPS) is 32.8. The van der Waals surface area contributed by atoms with E-state index in [2.05, 4.69) is 43.5 Å². The third-order valence-corrected chi connectivity index (χ3v) is 23.2. The predicted octanol–water partition coefficient (Wildman–Crippen LogP) is 7.67. The van der Waals surface area contributed by atoms with Gasteiger partial charge in [0.15, 0.2) is 0 Å². The van der Waals surface area contributed by atoms with Crippen LogP contribution in [0.3, 0.4) is 0 Å². The molecule has 2 saturated heterocycles. The number of anilines is 2. The first-order valence-electron chi connectivity index (χ1n) is 30.6. The van der Waals surface area contributed by atoms with Crippen LogP contribution >= 0.6 is 23.2 Å². The molecule has 0 radical (unpaired) electrons. The number of aryl methyl sites for hydroxylation is 2. The molecule has 14 rings (SSSR count). The lowest BCUT2D eigenvalue weighted by molar-refractivity contribution is 0.0454. The summed E-state index contributed by atoms with van der Waals surface area (Å²) in [5, 5.41) is 23.7. The lowest BCUT2D eigenvalue weighted by Crippen LogP contribution is -2.49. The molecule has 22 heteroatoms. The van der Waals surface area contributed by atoms with E-state index in [0.717, 1.165) is 85.6 Å². The number of halogens is 2. The van der Waals surface area contributed by atoms with Crippen molar-refractivity contribution >= 4 is 66.8 Å². The van der Waals surface area contributed by atoms with Crippen molar-refractivity contribution in [3.05, 3.63) is 141 Å². The molecule has 2 saturated carbocycles. The van der Waals surface area contributed by atoms with Gasteiger partial charge in [-0.1, -0.05) is 59.6 Å². The van der Waals surface area contributed by atoms with Crippen LogP contribution in [0.5, 0.6) is 11.5 Å². The number of benzene rings is 4. The second-order valence-corrected chi connectivity index (χ2v) is 29.7. The maximum atomic E-state index is 13.4. The first kappa shape index (κ1) is 59.7. The summed E-state index contributed by atoms with van der Waals surface area (Å²) in [5.41, 5.74) is 6.50. The van der Waals surface area contributed by atoms with Crippen LogP contribution in [-0.2, 0) is 53.6 Å². The van der Waals surface area contributed by atoms with Crippen molar-refractivity contribution < 1.29 is 55.6 Å². The quantitative estimate of drug-likeness (QED) is 0.114. The summed E-state index contributed by atoms with van der Waals surface area (Å²) in [6.45, 7) is 5.45. The molecular weight excluding hydrogens is 1180 g/mol. The van der Waals surface area contributed by atoms with Crippen LogP contribution in [0.4, 0.5) is 11.4 Å². The van der Waals surface area contributed by atoms with Crippen molar-refractivity contribution in [1.29, 1.82) is 0 Å². The van der Waals surface area contributed by atoms with Gasteiger partial charge < -0.3 is 39.0 Å². The zero-order valence-electron chi connectivity index (χ0n) is 48.2. The first-order chi connectivity index (χ1) is 41.4. The van der Waals surface area contributed by atoms with Gasteiger partial charge in [0.05, 0.1) is 62.2 Å². The summed E-state index contributed by atoms with van der Waals surface area (Å²) in [4.78, 5) is 31.5. The minimum atomic E-state index is -4.12. The lowest BCUT2D eigenvalue weighted by atomic mass is 9.68. The molecule has 2 amide bonds. The van der Waals surface area contributed by atoms with Crippen LogP contribution < -0.4 is 28.7 Å². The Balaban J connectivity index is 0.000000160. The molecule has 18 nitrogen and oxygen atoms in total. The maximum absolute atomic E-state index is 13.4. The van der Waals surface area contributed by atoms with E-state index >= 15 is 0 Å². The van der Waals surface area contributed by atoms with Crippen molar-refractivity contribution in [2.45, 2.75) is 112 Å². The number of rotatable bonds is 4. The van der Waals surface area contributed by atoms with Gasteiger partial charge in [-0.15, -0.1) is 0 Å². The summed E-state index contributed by atoms with van der Waals surface area (Å²) in [7, 11) is -8.25. The Morgan fingerprint density at radius 3 is 1.41 bits per heavy atom. The Labute approximate surface area is 514 Å². The van der Waals surface area contributed by atoms with Crippen molar-refractivity contribution in [2.24, 2.45) is 23.7 Å². The molecule has 6 aliphatic heterocycles. The molecule has 4 bridgehead atoms. The van der Waals surface area contributed by atoms with E-state index in [4.69, 9.17) is 42.1 Å². The Morgan fingerprint density at radius 1 is 0.581 bits per heavy atom. The van der Waals surface area contributed by atoms with Crippen molar-refractivity contribution in [3.8, 4) is 11.5 Å². The lowest BCUT2D eigenvalue weighted by Gasteiger charge is -2.45. The number of hydrogen-bond donors (Lipinski definition) is 4. The standard InChI is InChI=1S/2C32H38ClN3O6S/c2*33-24-8-10-27-21(14-24)4-3-12-32(27)19-35-16-23-6-9-26(23)29(37)5-1-2-13-36(17-25-18-41-25)43(39,40)34-31(38)22-7-11-30(42-20-32)28(35)15-22/h2*1,5,7-8,10-11,14-15,23,25-26,29,37H,2-4,6,9,12-13,16-20H2,(H,34,38)/b2*5-1+/t23-,25+,26+,29-,32-;23-,25-,26+,29-,32-/m00/s1. The smallest absolute Gasteiger partial charge is 0.304 e. The van der Waals surface area contributed by atoms with Crippen molar-refractivity contribution in [3.63, 3.8) is 0 Å². The number of fused-ring (bicyclic) bond motifs is 8. The molecular formula is C64H76Cl2N6O12S2. The van der Waals surface area contributed by atoms with E-state index in [-0.39, 0.29) is 84.0 Å². The van der Waals surface area contributed by atoms with Crippen LogP contribution in [0.1, 0.15) is 107 Å². The topological polar surface area (TPSA) is 223 Å². The van der Waals surface area contributed by atoms with E-state index in [1.165, 1.54) is 30.9 Å². The summed E-state index contributed by atoms with van der Waals surface area (Å²) >= 11 is 12.8. The number of nitrogens with zero attached hydrogens (tertiary/aromatic N) is 4. The van der Waals surface area contributed by atoms with E-state index in [1.807, 2.05) is 24.3 Å². The second kappa shape index (κ2) is 24.3. The van der Waals surface area contributed by atoms with Gasteiger partial charge in [-0.2, -0.15) is 25.4 Å². The fourth-order valence-electron chi connectivity index (χ4n) is 14.7. The van der Waals surface area contributed by atoms with Gasteiger partial charge in [-0.25, -0.2) is 9.44 Å². The molecule has 86 heavy (non-hydrogen) atoms. The summed E-state index contributed by atoms with van der Waals surface area (Å²) in [5.74, 6) is 0.731. The average molecular weight is 1260 g/mol. The highest BCUT2D eigenvalue weighted by Gasteiger charge is 2.47. The van der Waals surface area contributed by atoms with Crippen LogP contribution in [0.25, 0.3) is 0 Å². The molecule has 0 aromatic heterocycles. The Kier molecular flexibility index (Phi) is 16.8. The number of carbonyl (C=O) groups excluding carboxylic acids is 2. The largest absolute Gasteiger partial charge is 0.490 e. The van der Waals surface area contributed by atoms with Crippen LogP contribution in [0.2, 0.25) is 10.0 Å². The third kappa shape index (κ3) is 12.5. The molecule has 10 atom stereocenters. The molecule has 2 spiro atoms. The van der Waals surface area contributed by atoms with E-state index in [9.17, 15) is 36.6 Å². The predicted molar refractivity (Wildman–Crippen MR) is 328 cm³/mol. The van der Waals surface area contributed by atoms with E-state index in [1.54, 1.807) is 48.6 Å². The van der Waals surface area contributed by atoms with Crippen LogP contribution in [0.15, 0.2) is 97.1 Å². The Morgan fingerprint density at radius 2 is 1.01 bits per heavy atom. The average Bonchev–Trinajstić information content (AvgIpc) is 1.57. The first-order valence-corrected chi connectivity index (χ1v) is 34.2. The Hall–Kier alpha value is -5.26. The van der Waals surface area contributed by atoms with Gasteiger partial charge in [-0.05, 0) is 184 Å². The minimum absolute atomic E-state index is 0.108. The number of epoxide rings is 2. The highest BCUT2D eigenvalue weighted by molar-refractivity contribution is 7.88. The molecule has 4 aromatic rings. The summed E-state index contributed by atoms with van der Waals surface area (Å²) < 4.78 is 84.1. The fraction of sp³-hybridized carbons (Fsp3) is 0.531. The van der Waals surface area contributed by atoms with Gasteiger partial charge in [0, 0.05) is 84.4 Å². The molecule has 460 valence electrons. The monoisotopic (exact) mass is 1250 g/mol. The van der Waals surface area contributed by atoms with Gasteiger partial charge in [-0.3, -0.25) is 9.59 Å². The summed E-state index contributed by atoms with van der Waals surface area (Å²) in [6, 6.07) is 22.6. The molecule has 4 aliphatic carbocycles. The molecule has 10 aliphatic rings.